The number of carbonyl (C=O) groups excluding carboxylic acids is 2. The van der Waals surface area contributed by atoms with Crippen LogP contribution in [0.1, 0.15) is 47.0 Å². The number of carbonyl (C=O) groups is 3. The fourth-order valence-electron chi connectivity index (χ4n) is 2.33. The fourth-order valence-corrected chi connectivity index (χ4v) is 2.33. The summed E-state index contributed by atoms with van der Waals surface area (Å²) in [4.78, 5) is 36.3. The summed E-state index contributed by atoms with van der Waals surface area (Å²) in [5.41, 5.74) is -0.633. The number of nitrogens with zero attached hydrogens (tertiary/aromatic N) is 1. The van der Waals surface area contributed by atoms with E-state index in [1.165, 1.54) is 4.90 Å². The van der Waals surface area contributed by atoms with Gasteiger partial charge >= 0.3 is 12.1 Å². The van der Waals surface area contributed by atoms with Gasteiger partial charge in [0, 0.05) is 12.6 Å². The molecule has 1 rings (SSSR count). The molecule has 1 fully saturated rings. The molecule has 0 aromatic heterocycles. The maximum absolute atomic E-state index is 12.3. The summed E-state index contributed by atoms with van der Waals surface area (Å²) >= 11 is 0. The first kappa shape index (κ1) is 17.3. The SMILES string of the molecule is C[C@H](NC(=O)OC(C)(C)C)C(=O)N1CCC[C@H]1CC(=O)O. The van der Waals surface area contributed by atoms with Gasteiger partial charge in [0.2, 0.25) is 5.91 Å². The molecular formula is C14H24N2O5. The Labute approximate surface area is 124 Å². The van der Waals surface area contributed by atoms with E-state index < -0.39 is 23.7 Å². The lowest BCUT2D eigenvalue weighted by atomic mass is 10.1. The van der Waals surface area contributed by atoms with Gasteiger partial charge in [0.1, 0.15) is 11.6 Å². The van der Waals surface area contributed by atoms with E-state index in [0.29, 0.717) is 13.0 Å². The fraction of sp³-hybridized carbons (Fsp3) is 0.786. The second-order valence-corrected chi connectivity index (χ2v) is 6.29. The van der Waals surface area contributed by atoms with Crippen LogP contribution >= 0.6 is 0 Å². The second-order valence-electron chi connectivity index (χ2n) is 6.29. The molecular weight excluding hydrogens is 276 g/mol. The van der Waals surface area contributed by atoms with Gasteiger partial charge in [0.05, 0.1) is 6.42 Å². The van der Waals surface area contributed by atoms with Gasteiger partial charge in [-0.25, -0.2) is 4.79 Å². The molecule has 0 aromatic rings. The van der Waals surface area contributed by atoms with Crippen molar-refractivity contribution >= 4 is 18.0 Å². The van der Waals surface area contributed by atoms with Crippen molar-refractivity contribution in [2.45, 2.75) is 64.6 Å². The summed E-state index contributed by atoms with van der Waals surface area (Å²) in [7, 11) is 0. The Hall–Kier alpha value is -1.79. The molecule has 1 heterocycles. The van der Waals surface area contributed by atoms with Crippen molar-refractivity contribution in [2.75, 3.05) is 6.54 Å². The van der Waals surface area contributed by atoms with Crippen molar-refractivity contribution in [1.29, 1.82) is 0 Å². The molecule has 1 aliphatic heterocycles. The number of likely N-dealkylation sites (tertiary alicyclic amines) is 1. The number of hydrogen-bond acceptors (Lipinski definition) is 4. The molecule has 0 spiro atoms. The van der Waals surface area contributed by atoms with E-state index >= 15 is 0 Å². The third kappa shape index (κ3) is 5.61. The molecule has 1 saturated heterocycles. The lowest BCUT2D eigenvalue weighted by Gasteiger charge is -2.27. The minimum absolute atomic E-state index is 0.0646. The minimum atomic E-state index is -0.924. The van der Waals surface area contributed by atoms with Crippen LogP contribution in [0.15, 0.2) is 0 Å². The number of carboxylic acids is 1. The summed E-state index contributed by atoms with van der Waals surface area (Å²) in [5, 5.41) is 11.3. The predicted molar refractivity (Wildman–Crippen MR) is 75.8 cm³/mol. The van der Waals surface area contributed by atoms with E-state index in [2.05, 4.69) is 5.32 Å². The van der Waals surface area contributed by atoms with E-state index in [4.69, 9.17) is 9.84 Å². The lowest BCUT2D eigenvalue weighted by Crippen LogP contribution is -2.49. The molecule has 2 N–H and O–H groups in total. The molecule has 0 unspecified atom stereocenters. The second kappa shape index (κ2) is 6.78. The Balaban J connectivity index is 2.57. The largest absolute Gasteiger partial charge is 0.481 e. The number of ether oxygens (including phenoxy) is 1. The van der Waals surface area contributed by atoms with Gasteiger partial charge in [-0.15, -0.1) is 0 Å². The Kier molecular flexibility index (Phi) is 5.57. The van der Waals surface area contributed by atoms with Crippen LogP contribution in [-0.2, 0) is 14.3 Å². The average Bonchev–Trinajstić information content (AvgIpc) is 2.72. The van der Waals surface area contributed by atoms with Crippen molar-refractivity contribution in [3.63, 3.8) is 0 Å². The van der Waals surface area contributed by atoms with Crippen molar-refractivity contribution in [2.24, 2.45) is 0 Å². The van der Waals surface area contributed by atoms with E-state index in [-0.39, 0.29) is 18.4 Å². The van der Waals surface area contributed by atoms with Crippen LogP contribution in [0.5, 0.6) is 0 Å². The highest BCUT2D eigenvalue weighted by molar-refractivity contribution is 5.86. The molecule has 0 bridgehead atoms. The number of amides is 2. The minimum Gasteiger partial charge on any atom is -0.481 e. The zero-order chi connectivity index (χ0) is 16.2. The molecule has 0 radical (unpaired) electrons. The molecule has 0 aromatic carbocycles. The maximum atomic E-state index is 12.3. The molecule has 21 heavy (non-hydrogen) atoms. The van der Waals surface area contributed by atoms with E-state index in [1.807, 2.05) is 0 Å². The Morgan fingerprint density at radius 3 is 2.52 bits per heavy atom. The average molecular weight is 300 g/mol. The standard InChI is InChI=1S/C14H24N2O5/c1-9(15-13(20)21-14(2,3)4)12(19)16-7-5-6-10(16)8-11(17)18/h9-10H,5-8H2,1-4H3,(H,15,20)(H,17,18)/t9-,10-/m0/s1. The molecule has 7 heteroatoms. The van der Waals surface area contributed by atoms with Crippen molar-refractivity contribution in [3.8, 4) is 0 Å². The molecule has 2 atom stereocenters. The molecule has 1 aliphatic rings. The quantitative estimate of drug-likeness (QED) is 0.817. The zero-order valence-electron chi connectivity index (χ0n) is 13.0. The van der Waals surface area contributed by atoms with Crippen LogP contribution in [0.25, 0.3) is 0 Å². The van der Waals surface area contributed by atoms with Gasteiger partial charge in [-0.05, 0) is 40.5 Å². The molecule has 0 saturated carbocycles. The van der Waals surface area contributed by atoms with E-state index in [1.54, 1.807) is 27.7 Å². The van der Waals surface area contributed by atoms with Crippen LogP contribution in [0.4, 0.5) is 4.79 Å². The topological polar surface area (TPSA) is 95.9 Å². The summed E-state index contributed by atoms with van der Waals surface area (Å²) in [6.45, 7) is 7.31. The number of carboxylic acid groups (broad SMARTS) is 1. The molecule has 0 aliphatic carbocycles. The Morgan fingerprint density at radius 1 is 1.38 bits per heavy atom. The van der Waals surface area contributed by atoms with Gasteiger partial charge in [-0.1, -0.05) is 0 Å². The summed E-state index contributed by atoms with van der Waals surface area (Å²) < 4.78 is 5.10. The normalized spacial score (nSPS) is 20.0. The Morgan fingerprint density at radius 2 is 2.00 bits per heavy atom. The number of nitrogens with one attached hydrogen (secondary N) is 1. The van der Waals surface area contributed by atoms with Gasteiger partial charge in [-0.3, -0.25) is 9.59 Å². The number of hydrogen-bond donors (Lipinski definition) is 2. The summed E-state index contributed by atoms with van der Waals surface area (Å²) in [5.74, 6) is -1.20. The highest BCUT2D eigenvalue weighted by Gasteiger charge is 2.33. The van der Waals surface area contributed by atoms with Gasteiger partial charge in [-0.2, -0.15) is 0 Å². The lowest BCUT2D eigenvalue weighted by molar-refractivity contribution is -0.140. The van der Waals surface area contributed by atoms with Crippen LogP contribution in [0.2, 0.25) is 0 Å². The molecule has 7 nitrogen and oxygen atoms in total. The van der Waals surface area contributed by atoms with Crippen LogP contribution < -0.4 is 5.32 Å². The first-order chi connectivity index (χ1) is 9.60. The highest BCUT2D eigenvalue weighted by Crippen LogP contribution is 2.21. The van der Waals surface area contributed by atoms with E-state index in [0.717, 1.165) is 6.42 Å². The smallest absolute Gasteiger partial charge is 0.408 e. The monoisotopic (exact) mass is 300 g/mol. The van der Waals surface area contributed by atoms with Crippen LogP contribution in [0.3, 0.4) is 0 Å². The van der Waals surface area contributed by atoms with Crippen LogP contribution in [-0.4, -0.2) is 52.2 Å². The van der Waals surface area contributed by atoms with Gasteiger partial charge in [0.15, 0.2) is 0 Å². The predicted octanol–water partition coefficient (Wildman–Crippen LogP) is 1.37. The third-order valence-corrected chi connectivity index (χ3v) is 3.17. The third-order valence-electron chi connectivity index (χ3n) is 3.17. The zero-order valence-corrected chi connectivity index (χ0v) is 13.0. The van der Waals surface area contributed by atoms with Crippen molar-refractivity contribution in [3.05, 3.63) is 0 Å². The summed E-state index contributed by atoms with van der Waals surface area (Å²) in [6.07, 6.45) is 0.739. The number of rotatable bonds is 4. The van der Waals surface area contributed by atoms with E-state index in [9.17, 15) is 14.4 Å². The van der Waals surface area contributed by atoms with Gasteiger partial charge < -0.3 is 20.1 Å². The highest BCUT2D eigenvalue weighted by atomic mass is 16.6. The van der Waals surface area contributed by atoms with Crippen LogP contribution in [0, 0.1) is 0 Å². The van der Waals surface area contributed by atoms with Crippen molar-refractivity contribution < 1.29 is 24.2 Å². The maximum Gasteiger partial charge on any atom is 0.408 e. The summed E-state index contributed by atoms with van der Waals surface area (Å²) in [6, 6.07) is -1.04. The molecule has 120 valence electrons. The molecule has 2 amide bonds. The Bertz CT molecular complexity index is 416. The number of aliphatic carboxylic acids is 1. The van der Waals surface area contributed by atoms with Gasteiger partial charge in [0.25, 0.3) is 0 Å². The first-order valence-corrected chi connectivity index (χ1v) is 7.12. The first-order valence-electron chi connectivity index (χ1n) is 7.12. The number of alkyl carbamates (subject to hydrolysis) is 1. The van der Waals surface area contributed by atoms with Crippen molar-refractivity contribution in [1.82, 2.24) is 10.2 Å².